The Kier molecular flexibility index (Phi) is 4.39. The monoisotopic (exact) mass is 364 g/mol. The van der Waals surface area contributed by atoms with Crippen LogP contribution in [0.15, 0.2) is 24.3 Å². The number of nitrogens with one attached hydrogen (secondary N) is 1. The summed E-state index contributed by atoms with van der Waals surface area (Å²) in [6.07, 6.45) is 0.370. The van der Waals surface area contributed by atoms with E-state index >= 15 is 0 Å². The Morgan fingerprint density at radius 2 is 1.88 bits per heavy atom. The van der Waals surface area contributed by atoms with Gasteiger partial charge in [0.25, 0.3) is 0 Å². The summed E-state index contributed by atoms with van der Waals surface area (Å²) in [7, 11) is 1.58. The summed E-state index contributed by atoms with van der Waals surface area (Å²) in [5, 5.41) is 16.1. The van der Waals surface area contributed by atoms with Crippen LogP contribution in [0.2, 0.25) is 0 Å². The van der Waals surface area contributed by atoms with Gasteiger partial charge in [-0.3, -0.25) is 14.8 Å². The van der Waals surface area contributed by atoms with Crippen LogP contribution in [0.4, 0.5) is 19.4 Å². The highest BCUT2D eigenvalue weighted by Gasteiger charge is 2.42. The first-order valence-electron chi connectivity index (χ1n) is 7.98. The number of carboxylic acid groups (broad SMARTS) is 1. The topological polar surface area (TPSA) is 87.5 Å². The SMILES string of the molecule is Cn1nc(-c2cc(F)cc(F)c2)cc1NC(=O)N1CCC(C)(C(=O)O)C1. The fourth-order valence-electron chi connectivity index (χ4n) is 2.92. The molecule has 26 heavy (non-hydrogen) atoms. The zero-order chi connectivity index (χ0) is 19.1. The molecule has 0 saturated carbocycles. The first-order valence-corrected chi connectivity index (χ1v) is 7.98. The first kappa shape index (κ1) is 17.8. The highest BCUT2D eigenvalue weighted by atomic mass is 19.1. The number of aromatic nitrogens is 2. The van der Waals surface area contributed by atoms with E-state index in [1.165, 1.54) is 15.6 Å². The second kappa shape index (κ2) is 6.40. The summed E-state index contributed by atoms with van der Waals surface area (Å²) in [6, 6.07) is 4.11. The Hall–Kier alpha value is -2.97. The lowest BCUT2D eigenvalue weighted by Gasteiger charge is -2.20. The zero-order valence-corrected chi connectivity index (χ0v) is 14.3. The Morgan fingerprint density at radius 3 is 2.46 bits per heavy atom. The normalized spacial score (nSPS) is 19.6. The minimum Gasteiger partial charge on any atom is -0.481 e. The van der Waals surface area contributed by atoms with E-state index in [9.17, 15) is 23.5 Å². The molecule has 1 unspecified atom stereocenters. The molecule has 0 bridgehead atoms. The number of urea groups is 1. The largest absolute Gasteiger partial charge is 0.481 e. The van der Waals surface area contributed by atoms with E-state index in [1.54, 1.807) is 14.0 Å². The number of rotatable bonds is 3. The molecule has 2 heterocycles. The molecule has 138 valence electrons. The molecule has 1 aromatic heterocycles. The van der Waals surface area contributed by atoms with Crippen LogP contribution in [0.3, 0.4) is 0 Å². The zero-order valence-electron chi connectivity index (χ0n) is 14.3. The Morgan fingerprint density at radius 1 is 1.23 bits per heavy atom. The predicted octanol–water partition coefficient (Wildman–Crippen LogP) is 2.69. The van der Waals surface area contributed by atoms with E-state index in [2.05, 4.69) is 10.4 Å². The molecule has 0 radical (unpaired) electrons. The number of carboxylic acids is 1. The quantitative estimate of drug-likeness (QED) is 0.877. The van der Waals surface area contributed by atoms with E-state index < -0.39 is 29.0 Å². The minimum absolute atomic E-state index is 0.105. The van der Waals surface area contributed by atoms with Crippen molar-refractivity contribution in [2.45, 2.75) is 13.3 Å². The van der Waals surface area contributed by atoms with Gasteiger partial charge in [0.1, 0.15) is 17.5 Å². The van der Waals surface area contributed by atoms with Gasteiger partial charge in [-0.1, -0.05) is 0 Å². The lowest BCUT2D eigenvalue weighted by molar-refractivity contribution is -0.146. The van der Waals surface area contributed by atoms with Crippen LogP contribution in [-0.2, 0) is 11.8 Å². The van der Waals surface area contributed by atoms with E-state index in [4.69, 9.17) is 0 Å². The number of carbonyl (C=O) groups excluding carboxylic acids is 1. The smallest absolute Gasteiger partial charge is 0.323 e. The van der Waals surface area contributed by atoms with Crippen molar-refractivity contribution in [1.82, 2.24) is 14.7 Å². The average molecular weight is 364 g/mol. The van der Waals surface area contributed by atoms with E-state index in [1.807, 2.05) is 0 Å². The number of likely N-dealkylation sites (tertiary alicyclic amines) is 1. The second-order valence-corrected chi connectivity index (χ2v) is 6.66. The molecule has 7 nitrogen and oxygen atoms in total. The van der Waals surface area contributed by atoms with Crippen LogP contribution in [0, 0.1) is 17.0 Å². The van der Waals surface area contributed by atoms with Crippen LogP contribution in [0.25, 0.3) is 11.3 Å². The molecule has 0 aliphatic carbocycles. The highest BCUT2D eigenvalue weighted by Crippen LogP contribution is 2.30. The van der Waals surface area contributed by atoms with Gasteiger partial charge in [-0.2, -0.15) is 5.10 Å². The van der Waals surface area contributed by atoms with Crippen LogP contribution < -0.4 is 5.32 Å². The maximum atomic E-state index is 13.4. The number of hydrogen-bond donors (Lipinski definition) is 2. The van der Waals surface area contributed by atoms with Gasteiger partial charge in [0, 0.05) is 37.8 Å². The molecule has 1 aliphatic heterocycles. The summed E-state index contributed by atoms with van der Waals surface area (Å²) in [5.74, 6) is -2.05. The molecule has 1 aromatic carbocycles. The standard InChI is InChI=1S/C17H18F2N4O3/c1-17(15(24)25)3-4-23(9-17)16(26)20-14-8-13(21-22(14)2)10-5-11(18)7-12(19)6-10/h5-8H,3-4,9H2,1-2H3,(H,20,26)(H,24,25). The number of anilines is 1. The molecule has 3 rings (SSSR count). The first-order chi connectivity index (χ1) is 12.2. The van der Waals surface area contributed by atoms with Gasteiger partial charge >= 0.3 is 12.0 Å². The van der Waals surface area contributed by atoms with Crippen molar-refractivity contribution in [1.29, 1.82) is 0 Å². The number of aliphatic carboxylic acids is 1. The van der Waals surface area contributed by atoms with E-state index in [0.717, 1.165) is 18.2 Å². The third-order valence-electron chi connectivity index (χ3n) is 4.55. The van der Waals surface area contributed by atoms with Crippen LogP contribution in [0.1, 0.15) is 13.3 Å². The van der Waals surface area contributed by atoms with Gasteiger partial charge in [0.15, 0.2) is 0 Å². The van der Waals surface area contributed by atoms with Crippen molar-refractivity contribution >= 4 is 17.8 Å². The Balaban J connectivity index is 1.76. The van der Waals surface area contributed by atoms with Gasteiger partial charge in [-0.05, 0) is 25.5 Å². The van der Waals surface area contributed by atoms with Gasteiger partial charge in [-0.25, -0.2) is 13.6 Å². The average Bonchev–Trinajstić information content (AvgIpc) is 3.11. The van der Waals surface area contributed by atoms with Crippen LogP contribution in [0.5, 0.6) is 0 Å². The number of amides is 2. The lowest BCUT2D eigenvalue weighted by atomic mass is 9.90. The van der Waals surface area contributed by atoms with Gasteiger partial charge < -0.3 is 10.0 Å². The number of halogens is 2. The molecule has 9 heteroatoms. The molecule has 2 amide bonds. The molecule has 1 aliphatic rings. The third kappa shape index (κ3) is 3.37. The summed E-state index contributed by atoms with van der Waals surface area (Å²) >= 11 is 0. The molecular formula is C17H18F2N4O3. The van der Waals surface area contributed by atoms with Crippen molar-refractivity contribution in [2.24, 2.45) is 12.5 Å². The summed E-state index contributed by atoms with van der Waals surface area (Å²) in [5.41, 5.74) is -0.412. The number of nitrogens with zero attached hydrogens (tertiary/aromatic N) is 3. The number of hydrogen-bond acceptors (Lipinski definition) is 3. The number of carbonyl (C=O) groups is 2. The fourth-order valence-corrected chi connectivity index (χ4v) is 2.92. The molecule has 1 fully saturated rings. The number of benzene rings is 1. The molecule has 0 spiro atoms. The van der Waals surface area contributed by atoms with E-state index in [0.29, 0.717) is 24.5 Å². The Bertz CT molecular complexity index is 863. The predicted molar refractivity (Wildman–Crippen MR) is 89.5 cm³/mol. The van der Waals surface area contributed by atoms with Crippen molar-refractivity contribution in [3.63, 3.8) is 0 Å². The van der Waals surface area contributed by atoms with Crippen LogP contribution >= 0.6 is 0 Å². The van der Waals surface area contributed by atoms with Gasteiger partial charge in [0.2, 0.25) is 0 Å². The molecule has 2 N–H and O–H groups in total. The number of aryl methyl sites for hydroxylation is 1. The maximum Gasteiger partial charge on any atom is 0.323 e. The van der Waals surface area contributed by atoms with Gasteiger partial charge in [0.05, 0.1) is 11.1 Å². The van der Waals surface area contributed by atoms with Crippen LogP contribution in [-0.4, -0.2) is 44.9 Å². The summed E-state index contributed by atoms with van der Waals surface area (Å²) in [6.45, 7) is 2.03. The minimum atomic E-state index is -0.964. The van der Waals surface area contributed by atoms with Crippen molar-refractivity contribution in [2.75, 3.05) is 18.4 Å². The Labute approximate surface area is 148 Å². The van der Waals surface area contributed by atoms with Crippen molar-refractivity contribution < 1.29 is 23.5 Å². The van der Waals surface area contributed by atoms with E-state index in [-0.39, 0.29) is 12.1 Å². The second-order valence-electron chi connectivity index (χ2n) is 6.66. The maximum absolute atomic E-state index is 13.4. The summed E-state index contributed by atoms with van der Waals surface area (Å²) < 4.78 is 28.1. The molecular weight excluding hydrogens is 346 g/mol. The molecule has 2 aromatic rings. The van der Waals surface area contributed by atoms with Crippen molar-refractivity contribution in [3.8, 4) is 11.3 Å². The van der Waals surface area contributed by atoms with Gasteiger partial charge in [-0.15, -0.1) is 0 Å². The lowest BCUT2D eigenvalue weighted by Crippen LogP contribution is -2.37. The highest BCUT2D eigenvalue weighted by molar-refractivity contribution is 5.90. The molecule has 1 atom stereocenters. The summed E-state index contributed by atoms with van der Waals surface area (Å²) in [4.78, 5) is 25.1. The van der Waals surface area contributed by atoms with Crippen molar-refractivity contribution in [3.05, 3.63) is 35.9 Å². The third-order valence-corrected chi connectivity index (χ3v) is 4.55. The fraction of sp³-hybridized carbons (Fsp3) is 0.353. The molecule has 1 saturated heterocycles.